The number of alkyl halides is 1. The quantitative estimate of drug-likeness (QED) is 0.661. The molecule has 15 heavy (non-hydrogen) atoms. The molecule has 2 aliphatic rings. The van der Waals surface area contributed by atoms with Gasteiger partial charge in [-0.15, -0.1) is 0 Å². The van der Waals surface area contributed by atoms with Crippen LogP contribution in [0.4, 0.5) is 4.39 Å². The molecule has 3 nitrogen and oxygen atoms in total. The minimum atomic E-state index is -0.682. The Labute approximate surface area is 89.6 Å². The average Bonchev–Trinajstić information content (AvgIpc) is 2.30. The third-order valence-electron chi connectivity index (χ3n) is 3.33. The number of hydrogen-bond acceptors (Lipinski definition) is 2. The number of halogens is 1. The summed E-state index contributed by atoms with van der Waals surface area (Å²) in [7, 11) is 0. The van der Waals surface area contributed by atoms with Crippen molar-refractivity contribution in [3.05, 3.63) is 0 Å². The predicted molar refractivity (Wildman–Crippen MR) is 54.3 cm³/mol. The molecular weight excluding hydrogens is 197 g/mol. The molecule has 1 heterocycles. The van der Waals surface area contributed by atoms with Gasteiger partial charge in [-0.2, -0.15) is 0 Å². The predicted octanol–water partition coefficient (Wildman–Crippen LogP) is 1.37. The van der Waals surface area contributed by atoms with E-state index in [0.29, 0.717) is 39.1 Å². The Hall–Kier alpha value is -0.640. The summed E-state index contributed by atoms with van der Waals surface area (Å²) in [5, 5.41) is 0. The lowest BCUT2D eigenvalue weighted by Crippen LogP contribution is -2.44. The summed E-state index contributed by atoms with van der Waals surface area (Å²) in [6.07, 6.45) is 1.87. The third-order valence-corrected chi connectivity index (χ3v) is 3.33. The number of carbonyl (C=O) groups excluding carboxylic acids is 1. The maximum absolute atomic E-state index is 12.9. The second-order valence-corrected chi connectivity index (χ2v) is 4.39. The topological polar surface area (TPSA) is 29.5 Å². The Morgan fingerprint density at radius 1 is 1.13 bits per heavy atom. The molecule has 4 heteroatoms. The van der Waals surface area contributed by atoms with Crippen LogP contribution in [0.3, 0.4) is 0 Å². The zero-order valence-electron chi connectivity index (χ0n) is 8.95. The number of hydrogen-bond donors (Lipinski definition) is 0. The Morgan fingerprint density at radius 3 is 2.33 bits per heavy atom. The van der Waals surface area contributed by atoms with Crippen LogP contribution >= 0.6 is 0 Å². The van der Waals surface area contributed by atoms with Crippen molar-refractivity contribution in [2.75, 3.05) is 26.3 Å². The van der Waals surface area contributed by atoms with Crippen LogP contribution < -0.4 is 0 Å². The number of nitrogens with zero attached hydrogens (tertiary/aromatic N) is 1. The molecule has 0 aromatic rings. The third kappa shape index (κ3) is 2.68. The Bertz CT molecular complexity index is 221. The summed E-state index contributed by atoms with van der Waals surface area (Å²) in [4.78, 5) is 13.9. The van der Waals surface area contributed by atoms with E-state index in [1.165, 1.54) is 0 Å². The molecule has 0 bridgehead atoms. The van der Waals surface area contributed by atoms with Crippen molar-refractivity contribution in [3.8, 4) is 0 Å². The minimum absolute atomic E-state index is 0.0649. The Kier molecular flexibility index (Phi) is 3.57. The van der Waals surface area contributed by atoms with E-state index in [1.54, 1.807) is 0 Å². The second-order valence-electron chi connectivity index (χ2n) is 4.39. The van der Waals surface area contributed by atoms with Crippen LogP contribution in [0.1, 0.15) is 25.7 Å². The SMILES string of the molecule is O=C(C1CCC(F)CC1)N1CCOCC1. The standard InChI is InChI=1S/C11H18FNO2/c12-10-3-1-9(2-4-10)11(14)13-5-7-15-8-6-13/h9-10H,1-8H2. The molecule has 0 spiro atoms. The minimum Gasteiger partial charge on any atom is -0.378 e. The molecule has 1 saturated carbocycles. The van der Waals surface area contributed by atoms with Gasteiger partial charge in [-0.25, -0.2) is 4.39 Å². The first-order valence-electron chi connectivity index (χ1n) is 5.78. The molecule has 1 amide bonds. The number of rotatable bonds is 1. The lowest BCUT2D eigenvalue weighted by molar-refractivity contribution is -0.141. The normalized spacial score (nSPS) is 32.7. The van der Waals surface area contributed by atoms with Crippen LogP contribution in [-0.2, 0) is 9.53 Å². The fourth-order valence-corrected chi connectivity index (χ4v) is 2.34. The highest BCUT2D eigenvalue weighted by molar-refractivity contribution is 5.79. The molecule has 0 aromatic carbocycles. The first-order valence-corrected chi connectivity index (χ1v) is 5.78. The van der Waals surface area contributed by atoms with Crippen molar-refractivity contribution in [2.45, 2.75) is 31.9 Å². The molecule has 2 fully saturated rings. The smallest absolute Gasteiger partial charge is 0.225 e. The van der Waals surface area contributed by atoms with E-state index >= 15 is 0 Å². The zero-order valence-corrected chi connectivity index (χ0v) is 8.95. The molecule has 1 aliphatic carbocycles. The lowest BCUT2D eigenvalue weighted by atomic mass is 9.87. The van der Waals surface area contributed by atoms with E-state index in [4.69, 9.17) is 4.74 Å². The van der Waals surface area contributed by atoms with Crippen LogP contribution in [0.2, 0.25) is 0 Å². The van der Waals surface area contributed by atoms with Gasteiger partial charge in [0.15, 0.2) is 0 Å². The van der Waals surface area contributed by atoms with E-state index in [0.717, 1.165) is 12.8 Å². The Balaban J connectivity index is 1.84. The zero-order chi connectivity index (χ0) is 10.7. The van der Waals surface area contributed by atoms with E-state index in [1.807, 2.05) is 4.90 Å². The van der Waals surface area contributed by atoms with Gasteiger partial charge in [0.1, 0.15) is 6.17 Å². The van der Waals surface area contributed by atoms with Gasteiger partial charge in [0, 0.05) is 19.0 Å². The summed E-state index contributed by atoms with van der Waals surface area (Å²) < 4.78 is 18.1. The van der Waals surface area contributed by atoms with Gasteiger partial charge in [-0.3, -0.25) is 4.79 Å². The molecule has 1 aliphatic heterocycles. The summed E-state index contributed by atoms with van der Waals surface area (Å²) in [5.41, 5.74) is 0. The van der Waals surface area contributed by atoms with Gasteiger partial charge in [0.05, 0.1) is 13.2 Å². The molecule has 2 rings (SSSR count). The molecular formula is C11H18FNO2. The second kappa shape index (κ2) is 4.92. The van der Waals surface area contributed by atoms with Crippen LogP contribution in [0, 0.1) is 5.92 Å². The summed E-state index contributed by atoms with van der Waals surface area (Å²) in [6.45, 7) is 2.69. The van der Waals surface area contributed by atoms with Gasteiger partial charge in [0.25, 0.3) is 0 Å². The molecule has 0 radical (unpaired) electrons. The van der Waals surface area contributed by atoms with Crippen LogP contribution in [0.15, 0.2) is 0 Å². The fourth-order valence-electron chi connectivity index (χ4n) is 2.34. The maximum Gasteiger partial charge on any atom is 0.225 e. The Morgan fingerprint density at radius 2 is 1.73 bits per heavy atom. The monoisotopic (exact) mass is 215 g/mol. The molecule has 0 atom stereocenters. The van der Waals surface area contributed by atoms with Gasteiger partial charge in [-0.05, 0) is 25.7 Å². The summed E-state index contributed by atoms with van der Waals surface area (Å²) >= 11 is 0. The van der Waals surface area contributed by atoms with E-state index in [9.17, 15) is 9.18 Å². The number of morpholine rings is 1. The van der Waals surface area contributed by atoms with E-state index in [-0.39, 0.29) is 11.8 Å². The van der Waals surface area contributed by atoms with Crippen LogP contribution in [0.25, 0.3) is 0 Å². The molecule has 1 saturated heterocycles. The molecule has 86 valence electrons. The van der Waals surface area contributed by atoms with Crippen molar-refractivity contribution in [2.24, 2.45) is 5.92 Å². The van der Waals surface area contributed by atoms with Crippen LogP contribution in [-0.4, -0.2) is 43.3 Å². The number of carbonyl (C=O) groups is 1. The fraction of sp³-hybridized carbons (Fsp3) is 0.909. The molecule has 0 unspecified atom stereocenters. The van der Waals surface area contributed by atoms with Crippen molar-refractivity contribution >= 4 is 5.91 Å². The number of amides is 1. The van der Waals surface area contributed by atoms with E-state index in [2.05, 4.69) is 0 Å². The van der Waals surface area contributed by atoms with Gasteiger partial charge >= 0.3 is 0 Å². The summed E-state index contributed by atoms with van der Waals surface area (Å²) in [5.74, 6) is 0.278. The maximum atomic E-state index is 12.9. The van der Waals surface area contributed by atoms with Crippen molar-refractivity contribution in [3.63, 3.8) is 0 Å². The van der Waals surface area contributed by atoms with Crippen molar-refractivity contribution < 1.29 is 13.9 Å². The highest BCUT2D eigenvalue weighted by Crippen LogP contribution is 2.27. The van der Waals surface area contributed by atoms with Gasteiger partial charge in [0.2, 0.25) is 5.91 Å². The van der Waals surface area contributed by atoms with Crippen molar-refractivity contribution in [1.82, 2.24) is 4.90 Å². The number of ether oxygens (including phenoxy) is 1. The molecule has 0 N–H and O–H groups in total. The molecule has 0 aromatic heterocycles. The first-order chi connectivity index (χ1) is 7.27. The average molecular weight is 215 g/mol. The summed E-state index contributed by atoms with van der Waals surface area (Å²) in [6, 6.07) is 0. The largest absolute Gasteiger partial charge is 0.378 e. The van der Waals surface area contributed by atoms with Gasteiger partial charge < -0.3 is 9.64 Å². The highest BCUT2D eigenvalue weighted by Gasteiger charge is 2.29. The lowest BCUT2D eigenvalue weighted by Gasteiger charge is -2.32. The highest BCUT2D eigenvalue weighted by atomic mass is 19.1. The first kappa shape index (κ1) is 10.9. The van der Waals surface area contributed by atoms with Crippen molar-refractivity contribution in [1.29, 1.82) is 0 Å². The van der Waals surface area contributed by atoms with Crippen LogP contribution in [0.5, 0.6) is 0 Å². The van der Waals surface area contributed by atoms with E-state index < -0.39 is 6.17 Å². The van der Waals surface area contributed by atoms with Gasteiger partial charge in [-0.1, -0.05) is 0 Å².